The minimum absolute atomic E-state index is 0.194. The first kappa shape index (κ1) is 14.6. The van der Waals surface area contributed by atoms with Crippen molar-refractivity contribution >= 4 is 37.5 Å². The molecular formula is C16H11N2O3Se. The van der Waals surface area contributed by atoms with Crippen LogP contribution in [0.4, 0.5) is 0 Å². The van der Waals surface area contributed by atoms with Gasteiger partial charge in [-0.1, -0.05) is 0 Å². The third kappa shape index (κ3) is 2.36. The summed E-state index contributed by atoms with van der Waals surface area (Å²) < 4.78 is 5.89. The fourth-order valence-electron chi connectivity index (χ4n) is 2.41. The molecule has 2 heterocycles. The molecule has 0 amide bonds. The molecular weight excluding hydrogens is 347 g/mol. The number of fused-ring (bicyclic) bond motifs is 1. The number of rotatable bonds is 2. The molecule has 0 aliphatic heterocycles. The van der Waals surface area contributed by atoms with Gasteiger partial charge in [-0.15, -0.1) is 0 Å². The Balaban J connectivity index is 2.40. The second-order valence-corrected chi connectivity index (χ2v) is 5.61. The summed E-state index contributed by atoms with van der Waals surface area (Å²) in [5.74, 6) is -0.194. The SMILES string of the molecule is CC(=O)c1c(C)nc([Se])nc1-c1coc2ccccc2c1=O. The third-order valence-electron chi connectivity index (χ3n) is 3.36. The Hall–Kier alpha value is -2.30. The molecule has 0 fully saturated rings. The number of carbonyl (C=O) groups excluding carboxylic acids is 1. The number of benzene rings is 1. The summed E-state index contributed by atoms with van der Waals surface area (Å²) in [6.45, 7) is 3.14. The maximum absolute atomic E-state index is 12.7. The van der Waals surface area contributed by atoms with E-state index in [1.165, 1.54) is 13.2 Å². The summed E-state index contributed by atoms with van der Waals surface area (Å²) in [6.07, 6.45) is 1.35. The Bertz CT molecular complexity index is 963. The van der Waals surface area contributed by atoms with Crippen molar-refractivity contribution in [3.05, 3.63) is 52.0 Å². The normalized spacial score (nSPS) is 10.8. The minimum atomic E-state index is -0.221. The average molecular weight is 358 g/mol. The number of para-hydroxylation sites is 1. The van der Waals surface area contributed by atoms with Gasteiger partial charge in [-0.25, -0.2) is 0 Å². The monoisotopic (exact) mass is 359 g/mol. The molecule has 0 atom stereocenters. The van der Waals surface area contributed by atoms with Crippen LogP contribution in [-0.4, -0.2) is 31.8 Å². The van der Waals surface area contributed by atoms with Gasteiger partial charge >= 0.3 is 134 Å². The first-order chi connectivity index (χ1) is 10.5. The van der Waals surface area contributed by atoms with Crippen molar-refractivity contribution in [2.24, 2.45) is 0 Å². The Morgan fingerprint density at radius 1 is 1.23 bits per heavy atom. The van der Waals surface area contributed by atoms with Crippen molar-refractivity contribution in [2.75, 3.05) is 0 Å². The molecule has 3 rings (SSSR count). The van der Waals surface area contributed by atoms with Gasteiger partial charge in [0.15, 0.2) is 0 Å². The first-order valence-electron chi connectivity index (χ1n) is 6.56. The average Bonchev–Trinajstić information content (AvgIpc) is 2.46. The molecule has 1 aromatic carbocycles. The van der Waals surface area contributed by atoms with Crippen LogP contribution in [0.15, 0.2) is 39.7 Å². The summed E-state index contributed by atoms with van der Waals surface area (Å²) in [4.78, 5) is 33.0. The van der Waals surface area contributed by atoms with E-state index in [1.54, 1.807) is 31.2 Å². The van der Waals surface area contributed by atoms with Crippen LogP contribution in [0.5, 0.6) is 0 Å². The van der Waals surface area contributed by atoms with Gasteiger partial charge < -0.3 is 0 Å². The zero-order valence-electron chi connectivity index (χ0n) is 11.9. The fraction of sp³-hybridized carbons (Fsp3) is 0.125. The molecule has 109 valence electrons. The van der Waals surface area contributed by atoms with Crippen molar-refractivity contribution in [1.82, 2.24) is 9.97 Å². The number of ketones is 1. The number of Topliss-reactive ketones (excluding diaryl/α,β-unsaturated/α-hetero) is 1. The van der Waals surface area contributed by atoms with E-state index in [0.717, 1.165) is 0 Å². The molecule has 0 aliphatic carbocycles. The standard InChI is InChI=1S/C16H11N2O3Se/c1-8-13(9(2)19)14(18-16(22)17-8)11-7-21-12-6-4-3-5-10(12)15(11)20/h3-7H,1-2H3. The van der Waals surface area contributed by atoms with Gasteiger partial charge in [-0.3, -0.25) is 0 Å². The van der Waals surface area contributed by atoms with Crippen molar-refractivity contribution in [3.63, 3.8) is 0 Å². The van der Waals surface area contributed by atoms with Crippen molar-refractivity contribution in [2.45, 2.75) is 13.8 Å². The number of hydrogen-bond acceptors (Lipinski definition) is 5. The van der Waals surface area contributed by atoms with E-state index < -0.39 is 0 Å². The molecule has 0 bridgehead atoms. The Morgan fingerprint density at radius 3 is 2.68 bits per heavy atom. The summed E-state index contributed by atoms with van der Waals surface area (Å²) in [6, 6.07) is 6.96. The number of aromatic nitrogens is 2. The molecule has 3 aromatic rings. The summed E-state index contributed by atoms with van der Waals surface area (Å²) in [5.41, 5.74) is 1.69. The zero-order chi connectivity index (χ0) is 15.9. The topological polar surface area (TPSA) is 73.1 Å². The molecule has 0 unspecified atom stereocenters. The van der Waals surface area contributed by atoms with Crippen LogP contribution in [0.25, 0.3) is 22.2 Å². The predicted octanol–water partition coefficient (Wildman–Crippen LogP) is 1.55. The van der Waals surface area contributed by atoms with E-state index in [2.05, 4.69) is 26.0 Å². The Kier molecular flexibility index (Phi) is 3.64. The van der Waals surface area contributed by atoms with E-state index >= 15 is 0 Å². The molecule has 0 N–H and O–H groups in total. The van der Waals surface area contributed by atoms with Gasteiger partial charge in [0.2, 0.25) is 0 Å². The van der Waals surface area contributed by atoms with Crippen LogP contribution < -0.4 is 10.2 Å². The Morgan fingerprint density at radius 2 is 1.95 bits per heavy atom. The van der Waals surface area contributed by atoms with Gasteiger partial charge in [0.05, 0.1) is 0 Å². The number of aryl methyl sites for hydroxylation is 1. The zero-order valence-corrected chi connectivity index (χ0v) is 13.6. The first-order valence-corrected chi connectivity index (χ1v) is 7.42. The van der Waals surface area contributed by atoms with Crippen molar-refractivity contribution < 1.29 is 9.21 Å². The maximum atomic E-state index is 12.7. The number of carbonyl (C=O) groups is 1. The molecule has 0 spiro atoms. The fourth-order valence-corrected chi connectivity index (χ4v) is 2.88. The summed E-state index contributed by atoms with van der Waals surface area (Å²) in [5, 5.41) is 0.451. The van der Waals surface area contributed by atoms with Gasteiger partial charge in [-0.05, 0) is 0 Å². The molecule has 0 saturated heterocycles. The molecule has 1 radical (unpaired) electrons. The van der Waals surface area contributed by atoms with Crippen LogP contribution in [0.3, 0.4) is 0 Å². The number of nitrogens with zero attached hydrogens (tertiary/aromatic N) is 2. The molecule has 0 saturated carbocycles. The van der Waals surface area contributed by atoms with Crippen molar-refractivity contribution in [1.29, 1.82) is 0 Å². The third-order valence-corrected chi connectivity index (χ3v) is 3.74. The van der Waals surface area contributed by atoms with Crippen LogP contribution in [0, 0.1) is 6.92 Å². The molecule has 5 nitrogen and oxygen atoms in total. The van der Waals surface area contributed by atoms with Gasteiger partial charge in [-0.2, -0.15) is 0 Å². The molecule has 6 heteroatoms. The predicted molar refractivity (Wildman–Crippen MR) is 83.6 cm³/mol. The van der Waals surface area contributed by atoms with Crippen molar-refractivity contribution in [3.8, 4) is 11.3 Å². The van der Waals surface area contributed by atoms with Gasteiger partial charge in [0.1, 0.15) is 0 Å². The van der Waals surface area contributed by atoms with Crippen LogP contribution in [0.2, 0.25) is 0 Å². The molecule has 0 aliphatic rings. The number of hydrogen-bond donors (Lipinski definition) is 0. The van der Waals surface area contributed by atoms with Gasteiger partial charge in [0, 0.05) is 0 Å². The Labute approximate surface area is 134 Å². The van der Waals surface area contributed by atoms with Crippen LogP contribution in [0.1, 0.15) is 23.0 Å². The van der Waals surface area contributed by atoms with Gasteiger partial charge in [0.25, 0.3) is 0 Å². The quantitative estimate of drug-likeness (QED) is 0.513. The molecule has 22 heavy (non-hydrogen) atoms. The molecule has 2 aromatic heterocycles. The van der Waals surface area contributed by atoms with E-state index in [0.29, 0.717) is 32.6 Å². The van der Waals surface area contributed by atoms with E-state index in [-0.39, 0.29) is 16.8 Å². The van der Waals surface area contributed by atoms with E-state index in [4.69, 9.17) is 4.42 Å². The second kappa shape index (κ2) is 5.48. The van der Waals surface area contributed by atoms with Crippen LogP contribution >= 0.6 is 0 Å². The summed E-state index contributed by atoms with van der Waals surface area (Å²) >= 11 is 2.71. The second-order valence-electron chi connectivity index (χ2n) is 4.85. The van der Waals surface area contributed by atoms with Crippen LogP contribution in [-0.2, 0) is 0 Å². The van der Waals surface area contributed by atoms with E-state index in [9.17, 15) is 9.59 Å². The van der Waals surface area contributed by atoms with E-state index in [1.807, 2.05) is 0 Å². The summed E-state index contributed by atoms with van der Waals surface area (Å²) in [7, 11) is 0.